The van der Waals surface area contributed by atoms with E-state index in [2.05, 4.69) is 16.0 Å². The van der Waals surface area contributed by atoms with Gasteiger partial charge in [-0.15, -0.1) is 0 Å². The molecule has 0 aliphatic rings. The standard InChI is InChI=1S/C18H25N3O3/c1-3-13(2)21-17(22)9-11-20-18(23)19-10-8-15-12-14-6-4-5-7-16(14)24-15/h4-7,12-13H,3,8-11H2,1-2H3,(H,21,22)(H2,19,20,23)/t13-/m0/s1. The second-order valence-corrected chi connectivity index (χ2v) is 5.81. The van der Waals surface area contributed by atoms with Crippen molar-refractivity contribution in [3.05, 3.63) is 36.1 Å². The van der Waals surface area contributed by atoms with Gasteiger partial charge in [-0.3, -0.25) is 4.79 Å². The van der Waals surface area contributed by atoms with Gasteiger partial charge >= 0.3 is 6.03 Å². The van der Waals surface area contributed by atoms with Crippen molar-refractivity contribution in [3.63, 3.8) is 0 Å². The number of furan rings is 1. The first-order valence-corrected chi connectivity index (χ1v) is 8.37. The maximum Gasteiger partial charge on any atom is 0.314 e. The number of para-hydroxylation sites is 1. The smallest absolute Gasteiger partial charge is 0.314 e. The number of urea groups is 1. The highest BCUT2D eigenvalue weighted by atomic mass is 16.3. The number of benzene rings is 1. The van der Waals surface area contributed by atoms with E-state index in [4.69, 9.17) is 4.42 Å². The zero-order chi connectivity index (χ0) is 17.4. The monoisotopic (exact) mass is 331 g/mol. The summed E-state index contributed by atoms with van der Waals surface area (Å²) in [5.41, 5.74) is 0.851. The summed E-state index contributed by atoms with van der Waals surface area (Å²) in [7, 11) is 0. The highest BCUT2D eigenvalue weighted by Gasteiger charge is 2.07. The molecule has 1 aromatic carbocycles. The summed E-state index contributed by atoms with van der Waals surface area (Å²) in [5, 5.41) is 9.35. The molecule has 130 valence electrons. The summed E-state index contributed by atoms with van der Waals surface area (Å²) < 4.78 is 5.69. The minimum absolute atomic E-state index is 0.0491. The number of fused-ring (bicyclic) bond motifs is 1. The molecule has 0 saturated carbocycles. The first-order valence-electron chi connectivity index (χ1n) is 8.37. The Kier molecular flexibility index (Phi) is 6.66. The van der Waals surface area contributed by atoms with Gasteiger partial charge < -0.3 is 20.4 Å². The molecule has 24 heavy (non-hydrogen) atoms. The predicted octanol–water partition coefficient (Wildman–Crippen LogP) is 2.58. The number of hydrogen-bond acceptors (Lipinski definition) is 3. The van der Waals surface area contributed by atoms with Crippen molar-refractivity contribution in [1.82, 2.24) is 16.0 Å². The molecular weight excluding hydrogens is 306 g/mol. The average molecular weight is 331 g/mol. The van der Waals surface area contributed by atoms with Gasteiger partial charge in [-0.2, -0.15) is 0 Å². The zero-order valence-corrected chi connectivity index (χ0v) is 14.2. The number of nitrogens with one attached hydrogen (secondary N) is 3. The van der Waals surface area contributed by atoms with E-state index in [9.17, 15) is 9.59 Å². The molecule has 1 heterocycles. The lowest BCUT2D eigenvalue weighted by Crippen LogP contribution is -2.39. The molecule has 0 radical (unpaired) electrons. The van der Waals surface area contributed by atoms with Crippen molar-refractivity contribution < 1.29 is 14.0 Å². The van der Waals surface area contributed by atoms with Crippen LogP contribution in [0.1, 0.15) is 32.4 Å². The van der Waals surface area contributed by atoms with Gasteiger partial charge in [0, 0.05) is 37.4 Å². The highest BCUT2D eigenvalue weighted by Crippen LogP contribution is 2.18. The Balaban J connectivity index is 1.62. The SMILES string of the molecule is CC[C@H](C)NC(=O)CCNC(=O)NCCc1cc2ccccc2o1. The van der Waals surface area contributed by atoms with Crippen LogP contribution in [0.3, 0.4) is 0 Å². The van der Waals surface area contributed by atoms with Crippen LogP contribution in [0.5, 0.6) is 0 Å². The van der Waals surface area contributed by atoms with Gasteiger partial charge in [0.1, 0.15) is 11.3 Å². The van der Waals surface area contributed by atoms with Gasteiger partial charge in [0.15, 0.2) is 0 Å². The van der Waals surface area contributed by atoms with Crippen LogP contribution in [-0.4, -0.2) is 31.1 Å². The zero-order valence-electron chi connectivity index (χ0n) is 14.2. The van der Waals surface area contributed by atoms with E-state index in [1.165, 1.54) is 0 Å². The van der Waals surface area contributed by atoms with E-state index in [-0.39, 0.29) is 24.4 Å². The van der Waals surface area contributed by atoms with Crippen molar-refractivity contribution in [2.75, 3.05) is 13.1 Å². The molecule has 0 saturated heterocycles. The van der Waals surface area contributed by atoms with Crippen LogP contribution in [0.15, 0.2) is 34.7 Å². The van der Waals surface area contributed by atoms with Crippen LogP contribution < -0.4 is 16.0 Å². The van der Waals surface area contributed by atoms with Gasteiger partial charge in [0.05, 0.1) is 0 Å². The minimum Gasteiger partial charge on any atom is -0.461 e. The van der Waals surface area contributed by atoms with Gasteiger partial charge in [0.25, 0.3) is 0 Å². The van der Waals surface area contributed by atoms with E-state index < -0.39 is 0 Å². The largest absolute Gasteiger partial charge is 0.461 e. The van der Waals surface area contributed by atoms with Crippen LogP contribution in [0.25, 0.3) is 11.0 Å². The third-order valence-corrected chi connectivity index (χ3v) is 3.79. The number of carbonyl (C=O) groups is 2. The first kappa shape index (κ1) is 17.8. The number of hydrogen-bond donors (Lipinski definition) is 3. The molecule has 0 bridgehead atoms. The van der Waals surface area contributed by atoms with Crippen molar-refractivity contribution in [3.8, 4) is 0 Å². The van der Waals surface area contributed by atoms with Crippen LogP contribution in [-0.2, 0) is 11.2 Å². The fourth-order valence-corrected chi connectivity index (χ4v) is 2.26. The Morgan fingerprint density at radius 1 is 1.17 bits per heavy atom. The van der Waals surface area contributed by atoms with E-state index in [0.29, 0.717) is 19.5 Å². The lowest BCUT2D eigenvalue weighted by Gasteiger charge is -2.11. The molecule has 0 aliphatic carbocycles. The fourth-order valence-electron chi connectivity index (χ4n) is 2.26. The molecule has 0 unspecified atom stereocenters. The predicted molar refractivity (Wildman–Crippen MR) is 93.8 cm³/mol. The van der Waals surface area contributed by atoms with Crippen LogP contribution in [0.4, 0.5) is 4.79 Å². The molecule has 2 aromatic rings. The lowest BCUT2D eigenvalue weighted by molar-refractivity contribution is -0.121. The van der Waals surface area contributed by atoms with E-state index in [1.807, 2.05) is 44.2 Å². The van der Waals surface area contributed by atoms with Gasteiger partial charge in [-0.1, -0.05) is 25.1 Å². The first-order chi connectivity index (χ1) is 11.6. The molecule has 2 rings (SSSR count). The van der Waals surface area contributed by atoms with Crippen LogP contribution in [0, 0.1) is 0 Å². The molecular formula is C18H25N3O3. The van der Waals surface area contributed by atoms with Gasteiger partial charge in [-0.25, -0.2) is 4.79 Å². The summed E-state index contributed by atoms with van der Waals surface area (Å²) in [6.07, 6.45) is 1.79. The molecule has 1 aromatic heterocycles. The van der Waals surface area contributed by atoms with E-state index in [1.54, 1.807) is 0 Å². The molecule has 3 amide bonds. The average Bonchev–Trinajstić information content (AvgIpc) is 2.97. The van der Waals surface area contributed by atoms with E-state index in [0.717, 1.165) is 23.2 Å². The molecule has 6 nitrogen and oxygen atoms in total. The number of carbonyl (C=O) groups excluding carboxylic acids is 2. The Labute approximate surface area is 142 Å². The minimum atomic E-state index is -0.276. The summed E-state index contributed by atoms with van der Waals surface area (Å²) >= 11 is 0. The summed E-state index contributed by atoms with van der Waals surface area (Å²) in [6.45, 7) is 4.76. The Bertz CT molecular complexity index is 648. The Hall–Kier alpha value is -2.50. The Morgan fingerprint density at radius 2 is 1.92 bits per heavy atom. The molecule has 6 heteroatoms. The van der Waals surface area contributed by atoms with Crippen LogP contribution >= 0.6 is 0 Å². The van der Waals surface area contributed by atoms with Crippen molar-refractivity contribution in [2.24, 2.45) is 0 Å². The normalized spacial score (nSPS) is 11.9. The van der Waals surface area contributed by atoms with Crippen LogP contribution in [0.2, 0.25) is 0 Å². The molecule has 0 fully saturated rings. The fraction of sp³-hybridized carbons (Fsp3) is 0.444. The van der Waals surface area contributed by atoms with Crippen molar-refractivity contribution in [2.45, 2.75) is 39.2 Å². The quantitative estimate of drug-likeness (QED) is 0.695. The summed E-state index contributed by atoms with van der Waals surface area (Å²) in [6, 6.07) is 9.67. The highest BCUT2D eigenvalue weighted by molar-refractivity contribution is 5.78. The topological polar surface area (TPSA) is 83.4 Å². The third-order valence-electron chi connectivity index (χ3n) is 3.79. The molecule has 3 N–H and O–H groups in total. The molecule has 1 atom stereocenters. The van der Waals surface area contributed by atoms with Gasteiger partial charge in [-0.05, 0) is 25.5 Å². The third kappa shape index (κ3) is 5.61. The second kappa shape index (κ2) is 8.96. The van der Waals surface area contributed by atoms with E-state index >= 15 is 0 Å². The van der Waals surface area contributed by atoms with Crippen molar-refractivity contribution >= 4 is 22.9 Å². The maximum atomic E-state index is 11.7. The van der Waals surface area contributed by atoms with Crippen molar-refractivity contribution in [1.29, 1.82) is 0 Å². The maximum absolute atomic E-state index is 11.7. The second-order valence-electron chi connectivity index (χ2n) is 5.81. The summed E-state index contributed by atoms with van der Waals surface area (Å²) in [5.74, 6) is 0.788. The Morgan fingerprint density at radius 3 is 2.67 bits per heavy atom. The summed E-state index contributed by atoms with van der Waals surface area (Å²) in [4.78, 5) is 23.3. The number of amides is 3. The van der Waals surface area contributed by atoms with Gasteiger partial charge in [0.2, 0.25) is 5.91 Å². The molecule has 0 aliphatic heterocycles. The number of rotatable bonds is 8. The lowest BCUT2D eigenvalue weighted by atomic mass is 10.2. The molecule has 0 spiro atoms.